The molecule has 7 heteroatoms. The summed E-state index contributed by atoms with van der Waals surface area (Å²) in [6.45, 7) is 3.67. The van der Waals surface area contributed by atoms with Gasteiger partial charge in [-0.15, -0.1) is 0 Å². The van der Waals surface area contributed by atoms with Gasteiger partial charge in [0.2, 0.25) is 5.91 Å². The molecular formula is C21H21ClN2O4. The Kier molecular flexibility index (Phi) is 5.99. The van der Waals surface area contributed by atoms with Crippen LogP contribution in [0.4, 0.5) is 11.4 Å². The molecule has 1 atom stereocenters. The number of esters is 1. The van der Waals surface area contributed by atoms with E-state index in [2.05, 4.69) is 5.32 Å². The third kappa shape index (κ3) is 4.51. The fourth-order valence-corrected chi connectivity index (χ4v) is 3.27. The number of ether oxygens (including phenoxy) is 1. The Morgan fingerprint density at radius 3 is 2.71 bits per heavy atom. The number of carbonyl (C=O) groups is 3. The maximum Gasteiger partial charge on any atom is 0.311 e. The summed E-state index contributed by atoms with van der Waals surface area (Å²) in [4.78, 5) is 38.2. The van der Waals surface area contributed by atoms with Gasteiger partial charge in [-0.25, -0.2) is 0 Å². The van der Waals surface area contributed by atoms with Crippen LogP contribution in [-0.2, 0) is 19.1 Å². The summed E-state index contributed by atoms with van der Waals surface area (Å²) < 4.78 is 5.13. The van der Waals surface area contributed by atoms with Crippen LogP contribution in [0.5, 0.6) is 0 Å². The van der Waals surface area contributed by atoms with Crippen LogP contribution in [0.3, 0.4) is 0 Å². The first kappa shape index (κ1) is 19.9. The summed E-state index contributed by atoms with van der Waals surface area (Å²) in [6, 6.07) is 12.5. The number of rotatable bonds is 5. The van der Waals surface area contributed by atoms with Crippen molar-refractivity contribution in [1.82, 2.24) is 0 Å². The van der Waals surface area contributed by atoms with E-state index in [0.29, 0.717) is 16.4 Å². The van der Waals surface area contributed by atoms with Crippen LogP contribution in [0.2, 0.25) is 5.02 Å². The third-order valence-corrected chi connectivity index (χ3v) is 5.04. The van der Waals surface area contributed by atoms with Crippen LogP contribution < -0.4 is 10.2 Å². The average molecular weight is 401 g/mol. The van der Waals surface area contributed by atoms with Gasteiger partial charge < -0.3 is 15.0 Å². The fraction of sp³-hybridized carbons (Fsp3) is 0.286. The maximum absolute atomic E-state index is 12.3. The standard InChI is InChI=1S/C21H21ClN2O4/c1-13-5-3-8-18(14(13)2)23-19(25)12-28-21(27)15-9-20(26)24(11-15)17-7-4-6-16(22)10-17/h3-8,10,15H,9,11-12H2,1-2H3,(H,23,25)/t15-/m1/s1. The van der Waals surface area contributed by atoms with Gasteiger partial charge in [-0.3, -0.25) is 14.4 Å². The molecule has 0 radical (unpaired) electrons. The van der Waals surface area contributed by atoms with Crippen molar-refractivity contribution in [1.29, 1.82) is 0 Å². The van der Waals surface area contributed by atoms with Crippen molar-refractivity contribution in [3.8, 4) is 0 Å². The van der Waals surface area contributed by atoms with E-state index in [1.165, 1.54) is 4.90 Å². The molecule has 1 heterocycles. The first-order valence-electron chi connectivity index (χ1n) is 8.94. The van der Waals surface area contributed by atoms with Gasteiger partial charge in [0.15, 0.2) is 6.61 Å². The third-order valence-electron chi connectivity index (χ3n) is 4.80. The normalized spacial score (nSPS) is 16.2. The lowest BCUT2D eigenvalue weighted by Gasteiger charge is -2.16. The highest BCUT2D eigenvalue weighted by molar-refractivity contribution is 6.31. The van der Waals surface area contributed by atoms with E-state index < -0.39 is 24.4 Å². The minimum absolute atomic E-state index is 0.0456. The molecule has 0 unspecified atom stereocenters. The number of benzene rings is 2. The molecule has 0 aliphatic carbocycles. The van der Waals surface area contributed by atoms with Crippen molar-refractivity contribution in [2.45, 2.75) is 20.3 Å². The van der Waals surface area contributed by atoms with Crippen LogP contribution in [0, 0.1) is 19.8 Å². The highest BCUT2D eigenvalue weighted by atomic mass is 35.5. The predicted octanol–water partition coefficient (Wildman–Crippen LogP) is 3.49. The summed E-state index contributed by atoms with van der Waals surface area (Å²) in [5.74, 6) is -1.77. The van der Waals surface area contributed by atoms with Crippen LogP contribution in [-0.4, -0.2) is 30.9 Å². The van der Waals surface area contributed by atoms with Gasteiger partial charge in [0.1, 0.15) is 0 Å². The van der Waals surface area contributed by atoms with Crippen molar-refractivity contribution in [3.05, 3.63) is 58.6 Å². The van der Waals surface area contributed by atoms with E-state index in [1.54, 1.807) is 30.3 Å². The van der Waals surface area contributed by atoms with Crippen molar-refractivity contribution < 1.29 is 19.1 Å². The molecular weight excluding hydrogens is 380 g/mol. The van der Waals surface area contributed by atoms with E-state index in [-0.39, 0.29) is 18.9 Å². The zero-order chi connectivity index (χ0) is 20.3. The topological polar surface area (TPSA) is 75.7 Å². The van der Waals surface area contributed by atoms with E-state index in [0.717, 1.165) is 11.1 Å². The van der Waals surface area contributed by atoms with E-state index in [9.17, 15) is 14.4 Å². The van der Waals surface area contributed by atoms with E-state index >= 15 is 0 Å². The monoisotopic (exact) mass is 400 g/mol. The van der Waals surface area contributed by atoms with Gasteiger partial charge >= 0.3 is 5.97 Å². The van der Waals surface area contributed by atoms with Gasteiger partial charge in [0.05, 0.1) is 5.92 Å². The lowest BCUT2D eigenvalue weighted by Crippen LogP contribution is -2.28. The van der Waals surface area contributed by atoms with Crippen LogP contribution >= 0.6 is 11.6 Å². The fourth-order valence-electron chi connectivity index (χ4n) is 3.09. The van der Waals surface area contributed by atoms with Crippen LogP contribution in [0.15, 0.2) is 42.5 Å². The van der Waals surface area contributed by atoms with Gasteiger partial charge in [-0.2, -0.15) is 0 Å². The Balaban J connectivity index is 1.54. The van der Waals surface area contributed by atoms with E-state index in [4.69, 9.17) is 16.3 Å². The molecule has 1 saturated heterocycles. The molecule has 2 aromatic carbocycles. The molecule has 0 spiro atoms. The Morgan fingerprint density at radius 1 is 1.21 bits per heavy atom. The first-order valence-corrected chi connectivity index (χ1v) is 9.31. The highest BCUT2D eigenvalue weighted by Gasteiger charge is 2.36. The van der Waals surface area contributed by atoms with Crippen LogP contribution in [0.25, 0.3) is 0 Å². The molecule has 28 heavy (non-hydrogen) atoms. The Morgan fingerprint density at radius 2 is 1.96 bits per heavy atom. The predicted molar refractivity (Wildman–Crippen MR) is 107 cm³/mol. The lowest BCUT2D eigenvalue weighted by molar-refractivity contribution is -0.151. The minimum atomic E-state index is -0.611. The SMILES string of the molecule is Cc1cccc(NC(=O)COC(=O)[C@@H]2CC(=O)N(c3cccc(Cl)c3)C2)c1C. The second-order valence-electron chi connectivity index (χ2n) is 6.79. The van der Waals surface area contributed by atoms with Crippen LogP contribution in [0.1, 0.15) is 17.5 Å². The summed E-state index contributed by atoms with van der Waals surface area (Å²) in [6.07, 6.45) is 0.0456. The molecule has 1 fully saturated rings. The number of amides is 2. The lowest BCUT2D eigenvalue weighted by atomic mass is 10.1. The van der Waals surface area contributed by atoms with Crippen molar-refractivity contribution in [3.63, 3.8) is 0 Å². The Bertz CT molecular complexity index is 928. The van der Waals surface area contributed by atoms with Gasteiger partial charge in [0, 0.05) is 29.4 Å². The molecule has 146 valence electrons. The van der Waals surface area contributed by atoms with Crippen molar-refractivity contribution >= 4 is 40.8 Å². The van der Waals surface area contributed by atoms with Crippen molar-refractivity contribution in [2.24, 2.45) is 5.92 Å². The number of hydrogen-bond donors (Lipinski definition) is 1. The number of halogens is 1. The molecule has 0 aromatic heterocycles. The molecule has 3 rings (SSSR count). The number of nitrogens with zero attached hydrogens (tertiary/aromatic N) is 1. The summed E-state index contributed by atoms with van der Waals surface area (Å²) in [5.41, 5.74) is 3.34. The zero-order valence-corrected chi connectivity index (χ0v) is 16.5. The second-order valence-corrected chi connectivity index (χ2v) is 7.23. The molecule has 0 bridgehead atoms. The van der Waals surface area contributed by atoms with Gasteiger partial charge in [-0.05, 0) is 49.2 Å². The van der Waals surface area contributed by atoms with Crippen molar-refractivity contribution in [2.75, 3.05) is 23.4 Å². The maximum atomic E-state index is 12.3. The van der Waals surface area contributed by atoms with Gasteiger partial charge in [-0.1, -0.05) is 29.8 Å². The molecule has 2 aromatic rings. The number of aryl methyl sites for hydroxylation is 1. The number of anilines is 2. The molecule has 1 N–H and O–H groups in total. The highest BCUT2D eigenvalue weighted by Crippen LogP contribution is 2.27. The Hall–Kier alpha value is -2.86. The number of hydrogen-bond acceptors (Lipinski definition) is 4. The zero-order valence-electron chi connectivity index (χ0n) is 15.7. The first-order chi connectivity index (χ1) is 13.3. The largest absolute Gasteiger partial charge is 0.455 e. The molecule has 1 aliphatic rings. The average Bonchev–Trinajstić information content (AvgIpc) is 3.05. The quantitative estimate of drug-likeness (QED) is 0.779. The minimum Gasteiger partial charge on any atom is -0.455 e. The van der Waals surface area contributed by atoms with E-state index in [1.807, 2.05) is 26.0 Å². The second kappa shape index (κ2) is 8.44. The number of nitrogens with one attached hydrogen (secondary N) is 1. The summed E-state index contributed by atoms with van der Waals surface area (Å²) in [5, 5.41) is 3.25. The smallest absolute Gasteiger partial charge is 0.311 e. The molecule has 1 aliphatic heterocycles. The number of carbonyl (C=O) groups excluding carboxylic acids is 3. The Labute approximate surface area is 168 Å². The summed E-state index contributed by atoms with van der Waals surface area (Å²) in [7, 11) is 0. The summed E-state index contributed by atoms with van der Waals surface area (Å²) >= 11 is 5.97. The molecule has 6 nitrogen and oxygen atoms in total. The molecule has 0 saturated carbocycles. The molecule has 2 amide bonds. The van der Waals surface area contributed by atoms with Gasteiger partial charge in [0.25, 0.3) is 5.91 Å².